The Morgan fingerprint density at radius 2 is 2.29 bits per heavy atom. The molecule has 7 heteroatoms. The van der Waals surface area contributed by atoms with Gasteiger partial charge in [0.25, 0.3) is 0 Å². The number of rotatable bonds is 6. The van der Waals surface area contributed by atoms with E-state index in [1.165, 1.54) is 0 Å². The van der Waals surface area contributed by atoms with E-state index < -0.39 is 0 Å². The van der Waals surface area contributed by atoms with Crippen molar-refractivity contribution in [1.82, 2.24) is 15.6 Å². The van der Waals surface area contributed by atoms with E-state index >= 15 is 0 Å². The zero-order chi connectivity index (χ0) is 14.2. The second kappa shape index (κ2) is 9.78. The highest BCUT2D eigenvalue weighted by atomic mass is 127. The van der Waals surface area contributed by atoms with Crippen LogP contribution in [0.3, 0.4) is 0 Å². The van der Waals surface area contributed by atoms with Crippen molar-refractivity contribution < 1.29 is 4.42 Å². The van der Waals surface area contributed by atoms with Gasteiger partial charge in [-0.3, -0.25) is 4.99 Å². The Bertz CT molecular complexity index is 539. The largest absolute Gasteiger partial charge is 0.443 e. The van der Waals surface area contributed by atoms with Crippen molar-refractivity contribution in [3.05, 3.63) is 29.5 Å². The summed E-state index contributed by atoms with van der Waals surface area (Å²) in [5, 5.41) is 8.49. The van der Waals surface area contributed by atoms with Gasteiger partial charge in [-0.05, 0) is 17.9 Å². The van der Waals surface area contributed by atoms with Crippen LogP contribution in [0.2, 0.25) is 0 Å². The van der Waals surface area contributed by atoms with Crippen molar-refractivity contribution in [2.24, 2.45) is 4.99 Å². The Balaban J connectivity index is 0.00000220. The lowest BCUT2D eigenvalue weighted by Gasteiger charge is -2.09. The lowest BCUT2D eigenvalue weighted by atomic mass is 10.3. The minimum absolute atomic E-state index is 0. The molecule has 0 unspecified atom stereocenters. The van der Waals surface area contributed by atoms with Crippen LogP contribution in [-0.4, -0.2) is 24.5 Å². The molecule has 2 aromatic heterocycles. The van der Waals surface area contributed by atoms with Gasteiger partial charge in [-0.2, -0.15) is 0 Å². The number of guanidine groups is 1. The van der Waals surface area contributed by atoms with E-state index in [1.807, 2.05) is 17.5 Å². The van der Waals surface area contributed by atoms with E-state index in [4.69, 9.17) is 4.42 Å². The highest BCUT2D eigenvalue weighted by Gasteiger charge is 2.07. The number of unbranched alkanes of at least 4 members (excludes halogenated alkanes) is 1. The molecule has 0 atom stereocenters. The normalized spacial score (nSPS) is 11.0. The Kier molecular flexibility index (Phi) is 8.36. The first-order valence-electron chi connectivity index (χ1n) is 6.76. The molecular formula is C14H21IN4OS. The van der Waals surface area contributed by atoms with Gasteiger partial charge < -0.3 is 15.1 Å². The number of hydrogen-bond acceptors (Lipinski definition) is 4. The third-order valence-corrected chi connectivity index (χ3v) is 3.62. The third-order valence-electron chi connectivity index (χ3n) is 2.77. The van der Waals surface area contributed by atoms with Crippen LogP contribution >= 0.6 is 35.3 Å². The standard InChI is InChI=1S/C14H20N4OS.HI/c1-3-4-7-16-14(15-2)17-9-11-10-19-13(18-11)12-6-5-8-20-12;/h5-6,8,10H,3-4,7,9H2,1-2H3,(H2,15,16,17);1H. The first-order valence-corrected chi connectivity index (χ1v) is 7.64. The van der Waals surface area contributed by atoms with Gasteiger partial charge in [0, 0.05) is 13.6 Å². The lowest BCUT2D eigenvalue weighted by molar-refractivity contribution is 0.573. The molecule has 2 rings (SSSR count). The first-order chi connectivity index (χ1) is 9.83. The summed E-state index contributed by atoms with van der Waals surface area (Å²) >= 11 is 1.62. The van der Waals surface area contributed by atoms with E-state index in [9.17, 15) is 0 Å². The number of hydrogen-bond donors (Lipinski definition) is 2. The number of thiophene rings is 1. The molecule has 0 bridgehead atoms. The van der Waals surface area contributed by atoms with Crippen LogP contribution in [0, 0.1) is 0 Å². The molecule has 2 N–H and O–H groups in total. The third kappa shape index (κ3) is 5.66. The topological polar surface area (TPSA) is 62.5 Å². The number of aliphatic imine (C=N–C) groups is 1. The molecule has 0 aliphatic carbocycles. The molecule has 0 aliphatic heterocycles. The van der Waals surface area contributed by atoms with E-state index in [2.05, 4.69) is 27.5 Å². The number of halogens is 1. The highest BCUT2D eigenvalue weighted by Crippen LogP contribution is 2.23. The van der Waals surface area contributed by atoms with E-state index in [1.54, 1.807) is 24.6 Å². The summed E-state index contributed by atoms with van der Waals surface area (Å²) in [6, 6.07) is 3.99. The average molecular weight is 420 g/mol. The van der Waals surface area contributed by atoms with E-state index in [-0.39, 0.29) is 24.0 Å². The van der Waals surface area contributed by atoms with Crippen molar-refractivity contribution in [2.45, 2.75) is 26.3 Å². The van der Waals surface area contributed by atoms with Crippen LogP contribution in [0.15, 0.2) is 33.2 Å². The average Bonchev–Trinajstić information content (AvgIpc) is 3.12. The SMILES string of the molecule is CCCCNC(=NC)NCc1coc(-c2cccs2)n1.I. The molecule has 0 saturated heterocycles. The van der Waals surface area contributed by atoms with E-state index in [0.29, 0.717) is 12.4 Å². The minimum atomic E-state index is 0. The van der Waals surface area contributed by atoms with Crippen molar-refractivity contribution in [2.75, 3.05) is 13.6 Å². The molecule has 0 spiro atoms. The summed E-state index contributed by atoms with van der Waals surface area (Å²) in [5.41, 5.74) is 0.867. The van der Waals surface area contributed by atoms with Crippen LogP contribution in [0.1, 0.15) is 25.5 Å². The monoisotopic (exact) mass is 420 g/mol. The Morgan fingerprint density at radius 1 is 1.43 bits per heavy atom. The van der Waals surface area contributed by atoms with Gasteiger partial charge in [-0.25, -0.2) is 4.98 Å². The molecule has 0 saturated carbocycles. The number of nitrogens with one attached hydrogen (secondary N) is 2. The Morgan fingerprint density at radius 3 is 2.95 bits per heavy atom. The molecule has 21 heavy (non-hydrogen) atoms. The summed E-state index contributed by atoms with van der Waals surface area (Å²) in [5.74, 6) is 1.46. The van der Waals surface area contributed by atoms with Gasteiger partial charge >= 0.3 is 0 Å². The smallest absolute Gasteiger partial charge is 0.236 e. The molecule has 116 valence electrons. The van der Waals surface area contributed by atoms with Gasteiger partial charge in [-0.15, -0.1) is 35.3 Å². The van der Waals surface area contributed by atoms with Crippen molar-refractivity contribution in [3.8, 4) is 10.8 Å². The van der Waals surface area contributed by atoms with Gasteiger partial charge in [0.05, 0.1) is 17.1 Å². The van der Waals surface area contributed by atoms with Crippen molar-refractivity contribution >= 4 is 41.3 Å². The molecule has 5 nitrogen and oxygen atoms in total. The lowest BCUT2D eigenvalue weighted by Crippen LogP contribution is -2.37. The summed E-state index contributed by atoms with van der Waals surface area (Å²) in [6.07, 6.45) is 3.98. The quantitative estimate of drug-likeness (QED) is 0.325. The zero-order valence-electron chi connectivity index (χ0n) is 12.3. The van der Waals surface area contributed by atoms with Crippen LogP contribution < -0.4 is 10.6 Å². The number of oxazole rings is 1. The molecular weight excluding hydrogens is 399 g/mol. The maximum absolute atomic E-state index is 5.47. The predicted octanol–water partition coefficient (Wildman–Crippen LogP) is 3.49. The Labute approximate surface area is 146 Å². The molecule has 2 heterocycles. The van der Waals surface area contributed by atoms with Gasteiger partial charge in [0.2, 0.25) is 5.89 Å². The molecule has 0 aliphatic rings. The van der Waals surface area contributed by atoms with Gasteiger partial charge in [0.1, 0.15) is 6.26 Å². The van der Waals surface area contributed by atoms with Crippen molar-refractivity contribution in [3.63, 3.8) is 0 Å². The first kappa shape index (κ1) is 18.0. The highest BCUT2D eigenvalue weighted by molar-refractivity contribution is 14.0. The maximum atomic E-state index is 5.47. The fourth-order valence-corrected chi connectivity index (χ4v) is 2.34. The van der Waals surface area contributed by atoms with Crippen LogP contribution in [0.25, 0.3) is 10.8 Å². The fourth-order valence-electron chi connectivity index (χ4n) is 1.68. The number of nitrogens with zero attached hydrogens (tertiary/aromatic N) is 2. The number of aromatic nitrogens is 1. The summed E-state index contributed by atoms with van der Waals surface area (Å²) in [7, 11) is 1.77. The summed E-state index contributed by atoms with van der Waals surface area (Å²) in [6.45, 7) is 3.69. The summed E-state index contributed by atoms with van der Waals surface area (Å²) < 4.78 is 5.47. The van der Waals surface area contributed by atoms with Crippen LogP contribution in [0.5, 0.6) is 0 Å². The molecule has 2 aromatic rings. The second-order valence-corrected chi connectivity index (χ2v) is 5.28. The van der Waals surface area contributed by atoms with Gasteiger partial charge in [0.15, 0.2) is 5.96 Å². The maximum Gasteiger partial charge on any atom is 0.236 e. The molecule has 0 aromatic carbocycles. The van der Waals surface area contributed by atoms with E-state index in [0.717, 1.165) is 35.9 Å². The minimum Gasteiger partial charge on any atom is -0.443 e. The van der Waals surface area contributed by atoms with Crippen LogP contribution in [-0.2, 0) is 6.54 Å². The molecule has 0 amide bonds. The van der Waals surface area contributed by atoms with Crippen molar-refractivity contribution in [1.29, 1.82) is 0 Å². The van der Waals surface area contributed by atoms with Crippen LogP contribution in [0.4, 0.5) is 0 Å². The zero-order valence-corrected chi connectivity index (χ0v) is 15.4. The molecule has 0 fully saturated rings. The second-order valence-electron chi connectivity index (χ2n) is 4.33. The summed E-state index contributed by atoms with van der Waals surface area (Å²) in [4.78, 5) is 9.67. The fraction of sp³-hybridized carbons (Fsp3) is 0.429. The van der Waals surface area contributed by atoms with Gasteiger partial charge in [-0.1, -0.05) is 19.4 Å². The molecule has 0 radical (unpaired) electrons. The predicted molar refractivity (Wildman–Crippen MR) is 98.3 cm³/mol. The Hall–Kier alpha value is -1.09.